The predicted molar refractivity (Wildman–Crippen MR) is 71.0 cm³/mol. The molecular weight excluding hydrogens is 243 g/mol. The monoisotopic (exact) mass is 260 g/mol. The first kappa shape index (κ1) is 12.3. The second-order valence-electron chi connectivity index (χ2n) is 5.33. The molecule has 0 atom stereocenters. The molecule has 1 heterocycles. The lowest BCUT2D eigenvalue weighted by molar-refractivity contribution is -0.129. The molecule has 3 rings (SSSR count). The molecule has 1 aliphatic heterocycles. The van der Waals surface area contributed by atoms with Crippen molar-refractivity contribution in [3.8, 4) is 0 Å². The second-order valence-corrected chi connectivity index (χ2v) is 5.33. The topological polar surface area (TPSA) is 32.7 Å². The minimum Gasteiger partial charge on any atom is -0.273 e. The summed E-state index contributed by atoms with van der Waals surface area (Å²) in [7, 11) is 0. The van der Waals surface area contributed by atoms with E-state index in [2.05, 4.69) is 5.10 Å². The maximum absolute atomic E-state index is 13.1. The molecule has 100 valence electrons. The van der Waals surface area contributed by atoms with Crippen LogP contribution in [0.3, 0.4) is 0 Å². The summed E-state index contributed by atoms with van der Waals surface area (Å²) < 4.78 is 13.1. The molecular formula is C15H17FN2O. The molecule has 0 spiro atoms. The van der Waals surface area contributed by atoms with Crippen molar-refractivity contribution in [2.75, 3.05) is 0 Å². The van der Waals surface area contributed by atoms with Gasteiger partial charge in [-0.1, -0.05) is 25.0 Å². The Bertz CT molecular complexity index is 521. The van der Waals surface area contributed by atoms with Gasteiger partial charge in [0.1, 0.15) is 5.82 Å². The van der Waals surface area contributed by atoms with Gasteiger partial charge in [-0.25, -0.2) is 9.40 Å². The summed E-state index contributed by atoms with van der Waals surface area (Å²) in [4.78, 5) is 11.9. The van der Waals surface area contributed by atoms with Crippen molar-refractivity contribution >= 4 is 11.6 Å². The molecule has 1 fully saturated rings. The molecule has 0 aromatic heterocycles. The van der Waals surface area contributed by atoms with Crippen LogP contribution in [0.5, 0.6) is 0 Å². The van der Waals surface area contributed by atoms with E-state index >= 15 is 0 Å². The van der Waals surface area contributed by atoms with Crippen LogP contribution in [-0.4, -0.2) is 16.6 Å². The third-order valence-electron chi connectivity index (χ3n) is 3.92. The summed E-state index contributed by atoms with van der Waals surface area (Å²) in [6.07, 6.45) is 5.23. The van der Waals surface area contributed by atoms with Gasteiger partial charge in [0.25, 0.3) is 0 Å². The number of halogens is 1. The molecule has 1 aromatic rings. The minimum absolute atomic E-state index is 0.0335. The molecule has 4 heteroatoms. The van der Waals surface area contributed by atoms with Crippen LogP contribution in [0.1, 0.15) is 37.7 Å². The summed E-state index contributed by atoms with van der Waals surface area (Å²) in [6, 6.07) is 6.34. The van der Waals surface area contributed by atoms with Crippen molar-refractivity contribution in [2.24, 2.45) is 11.0 Å². The fourth-order valence-corrected chi connectivity index (χ4v) is 2.91. The number of hydrogen-bond donors (Lipinski definition) is 0. The van der Waals surface area contributed by atoms with Crippen LogP contribution in [0.2, 0.25) is 0 Å². The Hall–Kier alpha value is -1.71. The smallest absolute Gasteiger partial charge is 0.248 e. The fourth-order valence-electron chi connectivity index (χ4n) is 2.91. The van der Waals surface area contributed by atoms with Gasteiger partial charge in [-0.15, -0.1) is 0 Å². The van der Waals surface area contributed by atoms with Gasteiger partial charge in [0.15, 0.2) is 0 Å². The van der Waals surface area contributed by atoms with E-state index in [0.29, 0.717) is 18.9 Å². The highest BCUT2D eigenvalue weighted by Gasteiger charge is 2.30. The van der Waals surface area contributed by atoms with Crippen LogP contribution in [0.4, 0.5) is 4.39 Å². The Morgan fingerprint density at radius 3 is 2.84 bits per heavy atom. The molecule has 2 aliphatic rings. The van der Waals surface area contributed by atoms with Crippen molar-refractivity contribution in [3.05, 3.63) is 35.6 Å². The van der Waals surface area contributed by atoms with Gasteiger partial charge >= 0.3 is 0 Å². The zero-order valence-electron chi connectivity index (χ0n) is 10.8. The van der Waals surface area contributed by atoms with Crippen LogP contribution >= 0.6 is 0 Å². The molecule has 0 saturated heterocycles. The first-order valence-electron chi connectivity index (χ1n) is 6.84. The van der Waals surface area contributed by atoms with Crippen molar-refractivity contribution < 1.29 is 9.18 Å². The number of hydrogen-bond acceptors (Lipinski definition) is 2. The molecule has 0 unspecified atom stereocenters. The Balaban J connectivity index is 1.72. The molecule has 19 heavy (non-hydrogen) atoms. The first-order valence-corrected chi connectivity index (χ1v) is 6.84. The van der Waals surface area contributed by atoms with Gasteiger partial charge in [-0.05, 0) is 36.5 Å². The third-order valence-corrected chi connectivity index (χ3v) is 3.92. The van der Waals surface area contributed by atoms with E-state index < -0.39 is 0 Å². The number of carbonyl (C=O) groups excluding carboxylic acids is 1. The maximum Gasteiger partial charge on any atom is 0.248 e. The lowest BCUT2D eigenvalue weighted by Crippen LogP contribution is -2.20. The lowest BCUT2D eigenvalue weighted by Gasteiger charge is -2.11. The molecule has 1 amide bonds. The zero-order valence-corrected chi connectivity index (χ0v) is 10.8. The summed E-state index contributed by atoms with van der Waals surface area (Å²) in [5.41, 5.74) is 1.81. The van der Waals surface area contributed by atoms with Crippen LogP contribution in [0, 0.1) is 11.7 Å². The molecule has 1 aliphatic carbocycles. The van der Waals surface area contributed by atoms with E-state index in [1.807, 2.05) is 6.07 Å². The van der Waals surface area contributed by atoms with Crippen LogP contribution in [0.15, 0.2) is 29.4 Å². The van der Waals surface area contributed by atoms with Gasteiger partial charge < -0.3 is 0 Å². The quantitative estimate of drug-likeness (QED) is 0.822. The van der Waals surface area contributed by atoms with Crippen LogP contribution in [0.25, 0.3) is 0 Å². The van der Waals surface area contributed by atoms with E-state index in [1.54, 1.807) is 6.07 Å². The van der Waals surface area contributed by atoms with Crippen molar-refractivity contribution in [1.82, 2.24) is 5.01 Å². The van der Waals surface area contributed by atoms with E-state index in [0.717, 1.165) is 24.1 Å². The average molecular weight is 260 g/mol. The molecule has 1 saturated carbocycles. The van der Waals surface area contributed by atoms with Crippen molar-refractivity contribution in [3.63, 3.8) is 0 Å². The van der Waals surface area contributed by atoms with Gasteiger partial charge in [0, 0.05) is 0 Å². The summed E-state index contributed by atoms with van der Waals surface area (Å²) in [6.45, 7) is 0.368. The molecule has 0 N–H and O–H groups in total. The number of nitrogens with zero attached hydrogens (tertiary/aromatic N) is 2. The Morgan fingerprint density at radius 2 is 2.11 bits per heavy atom. The molecule has 3 nitrogen and oxygen atoms in total. The Kier molecular flexibility index (Phi) is 3.32. The average Bonchev–Trinajstić information content (AvgIpc) is 3.00. The maximum atomic E-state index is 13.1. The molecule has 0 radical (unpaired) electrons. The zero-order chi connectivity index (χ0) is 13.2. The van der Waals surface area contributed by atoms with Gasteiger partial charge in [0.2, 0.25) is 5.91 Å². The van der Waals surface area contributed by atoms with Crippen molar-refractivity contribution in [1.29, 1.82) is 0 Å². The Labute approximate surface area is 112 Å². The number of carbonyl (C=O) groups is 1. The lowest BCUT2D eigenvalue weighted by atomic mass is 10.00. The highest BCUT2D eigenvalue weighted by Crippen LogP contribution is 2.30. The van der Waals surface area contributed by atoms with Crippen LogP contribution in [-0.2, 0) is 11.3 Å². The second kappa shape index (κ2) is 5.11. The summed E-state index contributed by atoms with van der Waals surface area (Å²) in [5, 5.41) is 5.94. The number of amides is 1. The van der Waals surface area contributed by atoms with E-state index in [-0.39, 0.29) is 11.7 Å². The highest BCUT2D eigenvalue weighted by molar-refractivity contribution is 6.06. The minimum atomic E-state index is -0.274. The summed E-state index contributed by atoms with van der Waals surface area (Å²) >= 11 is 0. The van der Waals surface area contributed by atoms with Crippen LogP contribution < -0.4 is 0 Å². The normalized spacial score (nSPS) is 20.2. The number of rotatable bonds is 3. The largest absolute Gasteiger partial charge is 0.273 e. The van der Waals surface area contributed by atoms with Gasteiger partial charge in [0.05, 0.1) is 18.7 Å². The third kappa shape index (κ3) is 2.67. The van der Waals surface area contributed by atoms with Crippen molar-refractivity contribution in [2.45, 2.75) is 38.6 Å². The standard InChI is InChI=1S/C15H17FN2O/c16-13-7-3-4-11(8-13)10-18-15(19)9-14(17-18)12-5-1-2-6-12/h3-4,7-8,12H,1-2,5-6,9-10H2. The predicted octanol–water partition coefficient (Wildman–Crippen LogP) is 3.10. The first-order chi connectivity index (χ1) is 9.22. The molecule has 0 bridgehead atoms. The summed E-state index contributed by atoms with van der Waals surface area (Å²) in [5.74, 6) is 0.247. The molecule has 1 aromatic carbocycles. The number of benzene rings is 1. The van der Waals surface area contributed by atoms with E-state index in [4.69, 9.17) is 0 Å². The van der Waals surface area contributed by atoms with E-state index in [1.165, 1.54) is 30.0 Å². The number of hydrazone groups is 1. The highest BCUT2D eigenvalue weighted by atomic mass is 19.1. The SMILES string of the molecule is O=C1CC(C2CCCC2)=NN1Cc1cccc(F)c1. The fraction of sp³-hybridized carbons (Fsp3) is 0.467. The van der Waals surface area contributed by atoms with Gasteiger partial charge in [-0.3, -0.25) is 4.79 Å². The van der Waals surface area contributed by atoms with E-state index in [9.17, 15) is 9.18 Å². The van der Waals surface area contributed by atoms with Gasteiger partial charge in [-0.2, -0.15) is 5.10 Å². The Morgan fingerprint density at radius 1 is 1.32 bits per heavy atom.